The van der Waals surface area contributed by atoms with Gasteiger partial charge in [-0.25, -0.2) is 0 Å². The summed E-state index contributed by atoms with van der Waals surface area (Å²) in [6, 6.07) is 12.3. The molecule has 1 amide bonds. The first-order chi connectivity index (χ1) is 12.9. The molecule has 1 aliphatic rings. The van der Waals surface area contributed by atoms with Crippen molar-refractivity contribution in [1.82, 2.24) is 0 Å². The second kappa shape index (κ2) is 9.33. The van der Waals surface area contributed by atoms with E-state index in [0.717, 1.165) is 36.4 Å². The Morgan fingerprint density at radius 1 is 1.07 bits per heavy atom. The van der Waals surface area contributed by atoms with Crippen molar-refractivity contribution >= 4 is 35.4 Å². The van der Waals surface area contributed by atoms with Crippen LogP contribution in [0.25, 0.3) is 0 Å². The van der Waals surface area contributed by atoms with Crippen molar-refractivity contribution in [3.63, 3.8) is 0 Å². The van der Waals surface area contributed by atoms with Crippen LogP contribution in [0.5, 0.6) is 0 Å². The third-order valence-corrected chi connectivity index (χ3v) is 5.35. The maximum absolute atomic E-state index is 12.9. The van der Waals surface area contributed by atoms with E-state index in [1.807, 2.05) is 12.1 Å². The molecule has 3 rings (SSSR count). The van der Waals surface area contributed by atoms with Gasteiger partial charge in [-0.1, -0.05) is 52.0 Å². The van der Waals surface area contributed by atoms with Crippen LogP contribution in [0, 0.1) is 0 Å². The van der Waals surface area contributed by atoms with Crippen LogP contribution < -0.4 is 16.0 Å². The van der Waals surface area contributed by atoms with Crippen LogP contribution in [0.15, 0.2) is 36.4 Å². The number of nitrogens with one attached hydrogen (secondary N) is 1. The number of hydrogen-bond acceptors (Lipinski definition) is 3. The van der Waals surface area contributed by atoms with Gasteiger partial charge in [-0.3, -0.25) is 4.79 Å². The summed E-state index contributed by atoms with van der Waals surface area (Å²) in [6.45, 7) is 9.89. The molecule has 0 aliphatic carbocycles. The molecule has 5 heteroatoms. The normalized spacial score (nSPS) is 13.3. The fourth-order valence-corrected chi connectivity index (χ4v) is 3.94. The van der Waals surface area contributed by atoms with Crippen molar-refractivity contribution in [1.29, 1.82) is 0 Å². The lowest BCUT2D eigenvalue weighted by molar-refractivity contribution is -0.115. The third-order valence-electron chi connectivity index (χ3n) is 5.35. The summed E-state index contributed by atoms with van der Waals surface area (Å²) in [6.07, 6.45) is 2.00. The zero-order valence-corrected chi connectivity index (χ0v) is 18.1. The Labute approximate surface area is 174 Å². The number of para-hydroxylation sites is 1. The Kier molecular flexibility index (Phi) is 7.36. The Hall–Kier alpha value is -2.20. The van der Waals surface area contributed by atoms with Crippen LogP contribution in [-0.4, -0.2) is 19.0 Å². The Morgan fingerprint density at radius 2 is 1.68 bits per heavy atom. The number of anilines is 3. The average molecular weight is 402 g/mol. The highest BCUT2D eigenvalue weighted by Crippen LogP contribution is 2.33. The van der Waals surface area contributed by atoms with E-state index >= 15 is 0 Å². The molecule has 0 bridgehead atoms. The maximum Gasteiger partial charge on any atom is 0.243 e. The zero-order chi connectivity index (χ0) is 19.6. The summed E-state index contributed by atoms with van der Waals surface area (Å²) in [4.78, 5) is 15.1. The van der Waals surface area contributed by atoms with Gasteiger partial charge in [0, 0.05) is 23.6 Å². The van der Waals surface area contributed by atoms with Crippen molar-refractivity contribution in [2.75, 3.05) is 29.0 Å². The lowest BCUT2D eigenvalue weighted by atomic mass is 9.92. The van der Waals surface area contributed by atoms with E-state index < -0.39 is 0 Å². The van der Waals surface area contributed by atoms with Crippen LogP contribution >= 0.6 is 12.4 Å². The standard InChI is InChI=1S/C23H31N3O.ClH/c1-15(2)17-8-5-9-18(16(3)4)23(17)25-22(27)14-26-13-7-10-19-20(24)11-6-12-21(19)26;/h5-6,8-9,11-12,15-16H,7,10,13-14,24H2,1-4H3,(H,25,27);1H. The average Bonchev–Trinajstić information content (AvgIpc) is 2.62. The molecule has 2 aromatic rings. The topological polar surface area (TPSA) is 58.4 Å². The van der Waals surface area contributed by atoms with Crippen molar-refractivity contribution < 1.29 is 4.79 Å². The first kappa shape index (κ1) is 22.1. The minimum atomic E-state index is 0. The number of amides is 1. The number of fused-ring (bicyclic) bond motifs is 1. The zero-order valence-electron chi connectivity index (χ0n) is 17.3. The Balaban J connectivity index is 0.00000280. The van der Waals surface area contributed by atoms with Gasteiger partial charge in [-0.2, -0.15) is 0 Å². The molecular weight excluding hydrogens is 370 g/mol. The summed E-state index contributed by atoms with van der Waals surface area (Å²) < 4.78 is 0. The van der Waals surface area contributed by atoms with Crippen LogP contribution in [0.3, 0.4) is 0 Å². The number of carbonyl (C=O) groups excluding carboxylic acids is 1. The molecule has 1 heterocycles. The number of benzene rings is 2. The predicted molar refractivity (Wildman–Crippen MR) is 122 cm³/mol. The Morgan fingerprint density at radius 3 is 2.29 bits per heavy atom. The smallest absolute Gasteiger partial charge is 0.243 e. The quantitative estimate of drug-likeness (QED) is 0.666. The maximum atomic E-state index is 12.9. The van der Waals surface area contributed by atoms with Gasteiger partial charge in [0.2, 0.25) is 5.91 Å². The van der Waals surface area contributed by atoms with E-state index in [0.29, 0.717) is 18.4 Å². The molecule has 0 atom stereocenters. The van der Waals surface area contributed by atoms with E-state index in [1.54, 1.807) is 0 Å². The number of halogens is 1. The van der Waals surface area contributed by atoms with Gasteiger partial charge in [0.25, 0.3) is 0 Å². The van der Waals surface area contributed by atoms with Crippen LogP contribution in [0.2, 0.25) is 0 Å². The Bertz CT molecular complexity index is 806. The molecule has 0 fully saturated rings. The predicted octanol–water partition coefficient (Wildman–Crippen LogP) is 5.33. The molecule has 0 aromatic heterocycles. The number of nitrogens with two attached hydrogens (primary N) is 1. The van der Waals surface area contributed by atoms with Crippen molar-refractivity contribution in [3.05, 3.63) is 53.1 Å². The minimum absolute atomic E-state index is 0. The highest BCUT2D eigenvalue weighted by Gasteiger charge is 2.22. The highest BCUT2D eigenvalue weighted by molar-refractivity contribution is 5.96. The fourth-order valence-electron chi connectivity index (χ4n) is 3.94. The minimum Gasteiger partial charge on any atom is -0.398 e. The summed E-state index contributed by atoms with van der Waals surface area (Å²) >= 11 is 0. The summed E-state index contributed by atoms with van der Waals surface area (Å²) in [5.41, 5.74) is 12.6. The number of hydrogen-bond donors (Lipinski definition) is 2. The molecule has 1 aliphatic heterocycles. The van der Waals surface area contributed by atoms with Gasteiger partial charge in [0.15, 0.2) is 0 Å². The molecule has 28 heavy (non-hydrogen) atoms. The van der Waals surface area contributed by atoms with Gasteiger partial charge in [0.1, 0.15) is 0 Å². The summed E-state index contributed by atoms with van der Waals surface area (Å²) in [7, 11) is 0. The second-order valence-electron chi connectivity index (χ2n) is 8.04. The van der Waals surface area contributed by atoms with Crippen LogP contribution in [0.1, 0.15) is 62.6 Å². The van der Waals surface area contributed by atoms with Crippen molar-refractivity contribution in [3.8, 4) is 0 Å². The summed E-state index contributed by atoms with van der Waals surface area (Å²) in [5.74, 6) is 0.740. The van der Waals surface area contributed by atoms with E-state index in [2.05, 4.69) is 62.2 Å². The second-order valence-corrected chi connectivity index (χ2v) is 8.04. The first-order valence-electron chi connectivity index (χ1n) is 9.93. The molecule has 2 aromatic carbocycles. The summed E-state index contributed by atoms with van der Waals surface area (Å²) in [5, 5.41) is 3.22. The van der Waals surface area contributed by atoms with E-state index in [1.165, 1.54) is 16.7 Å². The SMILES string of the molecule is CC(C)c1cccc(C(C)C)c1NC(=O)CN1CCCc2c(N)cccc21.Cl. The van der Waals surface area contributed by atoms with Crippen LogP contribution in [0.4, 0.5) is 17.1 Å². The fraction of sp³-hybridized carbons (Fsp3) is 0.435. The highest BCUT2D eigenvalue weighted by atomic mass is 35.5. The van der Waals surface area contributed by atoms with E-state index in [4.69, 9.17) is 5.73 Å². The van der Waals surface area contributed by atoms with E-state index in [-0.39, 0.29) is 18.3 Å². The van der Waals surface area contributed by atoms with Crippen LogP contribution in [-0.2, 0) is 11.2 Å². The first-order valence-corrected chi connectivity index (χ1v) is 9.93. The lowest BCUT2D eigenvalue weighted by Gasteiger charge is -2.31. The number of nitrogen functional groups attached to an aromatic ring is 1. The number of nitrogens with zero attached hydrogens (tertiary/aromatic N) is 1. The molecule has 0 saturated heterocycles. The van der Waals surface area contributed by atoms with Gasteiger partial charge in [-0.05, 0) is 53.5 Å². The molecule has 4 nitrogen and oxygen atoms in total. The van der Waals surface area contributed by atoms with Gasteiger partial charge in [-0.15, -0.1) is 12.4 Å². The van der Waals surface area contributed by atoms with Crippen molar-refractivity contribution in [2.24, 2.45) is 0 Å². The molecule has 0 spiro atoms. The molecule has 152 valence electrons. The van der Waals surface area contributed by atoms with Gasteiger partial charge >= 0.3 is 0 Å². The van der Waals surface area contributed by atoms with Gasteiger partial charge in [0.05, 0.1) is 6.54 Å². The molecular formula is C23H32ClN3O. The van der Waals surface area contributed by atoms with Crippen molar-refractivity contribution in [2.45, 2.75) is 52.4 Å². The molecule has 0 saturated carbocycles. The number of rotatable bonds is 5. The lowest BCUT2D eigenvalue weighted by Crippen LogP contribution is -2.37. The van der Waals surface area contributed by atoms with Gasteiger partial charge < -0.3 is 16.0 Å². The monoisotopic (exact) mass is 401 g/mol. The molecule has 3 N–H and O–H groups in total. The third kappa shape index (κ3) is 4.61. The largest absolute Gasteiger partial charge is 0.398 e. The molecule has 0 radical (unpaired) electrons. The number of carbonyl (C=O) groups is 1. The van der Waals surface area contributed by atoms with E-state index in [9.17, 15) is 4.79 Å². The molecule has 0 unspecified atom stereocenters.